The maximum Gasteiger partial charge on any atom is 0.317 e. The Morgan fingerprint density at radius 1 is 1.33 bits per heavy atom. The molecule has 1 N–H and O–H groups in total. The molecule has 1 unspecified atom stereocenters. The summed E-state index contributed by atoms with van der Waals surface area (Å²) in [7, 11) is 0. The summed E-state index contributed by atoms with van der Waals surface area (Å²) in [5.74, 6) is -0.738. The number of rotatable bonds is 5. The minimum atomic E-state index is -0.738. The first-order valence-electron chi connectivity index (χ1n) is 6.53. The molecule has 2 rings (SSSR count). The average Bonchev–Trinajstić information content (AvgIpc) is 3.07. The topological polar surface area (TPSA) is 40.5 Å². The highest BCUT2D eigenvalue weighted by atomic mass is 16.4. The van der Waals surface area contributed by atoms with Crippen molar-refractivity contribution in [3.8, 4) is 0 Å². The zero-order chi connectivity index (χ0) is 13.3. The van der Waals surface area contributed by atoms with Gasteiger partial charge in [0.05, 0.1) is 6.54 Å². The van der Waals surface area contributed by atoms with Crippen LogP contribution in [0.25, 0.3) is 0 Å². The number of carboxylic acids is 1. The van der Waals surface area contributed by atoms with Crippen LogP contribution in [-0.2, 0) is 4.79 Å². The van der Waals surface area contributed by atoms with E-state index in [2.05, 4.69) is 43.9 Å². The van der Waals surface area contributed by atoms with Crippen LogP contribution in [0.5, 0.6) is 0 Å². The maximum absolute atomic E-state index is 11.0. The Morgan fingerprint density at radius 2 is 1.89 bits per heavy atom. The number of nitrogens with zero attached hydrogens (tertiary/aromatic N) is 1. The highest BCUT2D eigenvalue weighted by Crippen LogP contribution is 2.34. The summed E-state index contributed by atoms with van der Waals surface area (Å²) in [6.45, 7) is 6.41. The molecular weight excluding hydrogens is 226 g/mol. The van der Waals surface area contributed by atoms with Gasteiger partial charge in [-0.05, 0) is 39.2 Å². The van der Waals surface area contributed by atoms with Crippen LogP contribution in [0.15, 0.2) is 18.2 Å². The molecule has 1 saturated carbocycles. The van der Waals surface area contributed by atoms with Gasteiger partial charge in [0.25, 0.3) is 0 Å². The summed E-state index contributed by atoms with van der Waals surface area (Å²) in [6, 6.07) is 7.10. The van der Waals surface area contributed by atoms with E-state index in [9.17, 15) is 4.79 Å². The molecule has 0 bridgehead atoms. The van der Waals surface area contributed by atoms with E-state index in [1.807, 2.05) is 0 Å². The fourth-order valence-electron chi connectivity index (χ4n) is 2.59. The normalized spacial score (nSPS) is 16.9. The second-order valence-corrected chi connectivity index (χ2v) is 5.39. The van der Waals surface area contributed by atoms with Gasteiger partial charge in [0.2, 0.25) is 0 Å². The van der Waals surface area contributed by atoms with Crippen LogP contribution in [0.2, 0.25) is 0 Å². The zero-order valence-corrected chi connectivity index (χ0v) is 11.3. The van der Waals surface area contributed by atoms with E-state index in [4.69, 9.17) is 5.11 Å². The van der Waals surface area contributed by atoms with Crippen LogP contribution < -0.4 is 0 Å². The number of carboxylic acid groups (broad SMARTS) is 1. The van der Waals surface area contributed by atoms with Crippen LogP contribution in [0.4, 0.5) is 0 Å². The third-order valence-electron chi connectivity index (χ3n) is 3.56. The molecule has 18 heavy (non-hydrogen) atoms. The van der Waals surface area contributed by atoms with Crippen molar-refractivity contribution in [3.63, 3.8) is 0 Å². The smallest absolute Gasteiger partial charge is 0.317 e. The summed E-state index contributed by atoms with van der Waals surface area (Å²) in [4.78, 5) is 13.1. The molecule has 0 radical (unpaired) electrons. The predicted molar refractivity (Wildman–Crippen MR) is 71.7 cm³/mol. The molecule has 0 saturated heterocycles. The molecule has 1 aromatic rings. The minimum absolute atomic E-state index is 0.138. The molecule has 1 aliphatic carbocycles. The van der Waals surface area contributed by atoms with E-state index in [0.29, 0.717) is 6.04 Å². The van der Waals surface area contributed by atoms with Gasteiger partial charge in [0.15, 0.2) is 0 Å². The summed E-state index contributed by atoms with van der Waals surface area (Å²) in [6.07, 6.45) is 2.25. The summed E-state index contributed by atoms with van der Waals surface area (Å²) in [5, 5.41) is 9.02. The standard InChI is InChI=1S/C15H21NO2/c1-10-6-11(2)8-13(7-10)12(3)16(9-15(17)18)14-4-5-14/h6-8,12,14H,4-5,9H2,1-3H3,(H,17,18). The molecule has 1 aromatic carbocycles. The quantitative estimate of drug-likeness (QED) is 0.869. The summed E-state index contributed by atoms with van der Waals surface area (Å²) in [5.41, 5.74) is 3.70. The lowest BCUT2D eigenvalue weighted by molar-refractivity contribution is -0.139. The molecule has 0 aromatic heterocycles. The number of benzene rings is 1. The number of aliphatic carboxylic acids is 1. The van der Waals surface area contributed by atoms with Crippen LogP contribution >= 0.6 is 0 Å². The van der Waals surface area contributed by atoms with Crippen LogP contribution in [0.3, 0.4) is 0 Å². The third-order valence-corrected chi connectivity index (χ3v) is 3.56. The van der Waals surface area contributed by atoms with Gasteiger partial charge in [0, 0.05) is 12.1 Å². The van der Waals surface area contributed by atoms with E-state index in [0.717, 1.165) is 12.8 Å². The molecule has 0 spiro atoms. The second kappa shape index (κ2) is 5.11. The van der Waals surface area contributed by atoms with Crippen molar-refractivity contribution in [3.05, 3.63) is 34.9 Å². The number of carbonyl (C=O) groups is 1. The van der Waals surface area contributed by atoms with Gasteiger partial charge in [0.1, 0.15) is 0 Å². The van der Waals surface area contributed by atoms with E-state index in [-0.39, 0.29) is 12.6 Å². The highest BCUT2D eigenvalue weighted by Gasteiger charge is 2.33. The fraction of sp³-hybridized carbons (Fsp3) is 0.533. The number of aryl methyl sites for hydroxylation is 2. The SMILES string of the molecule is Cc1cc(C)cc(C(C)N(CC(=O)O)C2CC2)c1. The van der Waals surface area contributed by atoms with Crippen molar-refractivity contribution >= 4 is 5.97 Å². The van der Waals surface area contributed by atoms with Crippen molar-refractivity contribution < 1.29 is 9.90 Å². The molecule has 0 aliphatic heterocycles. The van der Waals surface area contributed by atoms with Crippen molar-refractivity contribution in [2.24, 2.45) is 0 Å². The van der Waals surface area contributed by atoms with Gasteiger partial charge in [-0.15, -0.1) is 0 Å². The first kappa shape index (κ1) is 13.1. The number of hydrogen-bond acceptors (Lipinski definition) is 2. The van der Waals surface area contributed by atoms with Crippen molar-refractivity contribution in [2.75, 3.05) is 6.54 Å². The molecular formula is C15H21NO2. The third kappa shape index (κ3) is 3.10. The van der Waals surface area contributed by atoms with Gasteiger partial charge in [-0.3, -0.25) is 9.69 Å². The molecule has 0 amide bonds. The molecule has 1 aliphatic rings. The van der Waals surface area contributed by atoms with Gasteiger partial charge in [-0.2, -0.15) is 0 Å². The van der Waals surface area contributed by atoms with Gasteiger partial charge >= 0.3 is 5.97 Å². The Labute approximate surface area is 108 Å². The van der Waals surface area contributed by atoms with Gasteiger partial charge in [-0.1, -0.05) is 29.3 Å². The lowest BCUT2D eigenvalue weighted by Gasteiger charge is -2.28. The molecule has 1 fully saturated rings. The average molecular weight is 247 g/mol. The van der Waals surface area contributed by atoms with Crippen molar-refractivity contribution in [1.29, 1.82) is 0 Å². The van der Waals surface area contributed by atoms with Crippen molar-refractivity contribution in [2.45, 2.75) is 45.7 Å². The highest BCUT2D eigenvalue weighted by molar-refractivity contribution is 5.69. The second-order valence-electron chi connectivity index (χ2n) is 5.39. The Balaban J connectivity index is 2.21. The van der Waals surface area contributed by atoms with Crippen LogP contribution in [0.1, 0.15) is 42.5 Å². The Morgan fingerprint density at radius 3 is 2.33 bits per heavy atom. The van der Waals surface area contributed by atoms with Crippen LogP contribution in [0, 0.1) is 13.8 Å². The number of hydrogen-bond donors (Lipinski definition) is 1. The summed E-state index contributed by atoms with van der Waals surface area (Å²) < 4.78 is 0. The molecule has 0 heterocycles. The Hall–Kier alpha value is -1.35. The Kier molecular flexibility index (Phi) is 3.71. The summed E-state index contributed by atoms with van der Waals surface area (Å²) >= 11 is 0. The van der Waals surface area contributed by atoms with E-state index in [1.165, 1.54) is 16.7 Å². The maximum atomic E-state index is 11.0. The lowest BCUT2D eigenvalue weighted by atomic mass is 10.0. The van der Waals surface area contributed by atoms with E-state index in [1.54, 1.807) is 0 Å². The lowest BCUT2D eigenvalue weighted by Crippen LogP contribution is -2.34. The van der Waals surface area contributed by atoms with Crippen LogP contribution in [-0.4, -0.2) is 28.6 Å². The van der Waals surface area contributed by atoms with Gasteiger partial charge in [-0.25, -0.2) is 0 Å². The monoisotopic (exact) mass is 247 g/mol. The van der Waals surface area contributed by atoms with Crippen molar-refractivity contribution in [1.82, 2.24) is 4.90 Å². The largest absolute Gasteiger partial charge is 0.480 e. The van der Waals surface area contributed by atoms with E-state index >= 15 is 0 Å². The van der Waals surface area contributed by atoms with E-state index < -0.39 is 5.97 Å². The molecule has 3 nitrogen and oxygen atoms in total. The zero-order valence-electron chi connectivity index (χ0n) is 11.3. The molecule has 98 valence electrons. The molecule has 3 heteroatoms. The molecule has 1 atom stereocenters. The first-order chi connectivity index (χ1) is 8.47. The minimum Gasteiger partial charge on any atom is -0.480 e. The predicted octanol–water partition coefficient (Wildman–Crippen LogP) is 2.91. The van der Waals surface area contributed by atoms with Gasteiger partial charge < -0.3 is 5.11 Å². The fourth-order valence-corrected chi connectivity index (χ4v) is 2.59. The first-order valence-corrected chi connectivity index (χ1v) is 6.53. The Bertz CT molecular complexity index is 432.